The molecule has 4 N–H and O–H groups in total. The van der Waals surface area contributed by atoms with Gasteiger partial charge in [0.25, 0.3) is 0 Å². The number of anilines is 1. The summed E-state index contributed by atoms with van der Waals surface area (Å²) < 4.78 is 1.52. The summed E-state index contributed by atoms with van der Waals surface area (Å²) in [5.74, 6) is -0.729. The van der Waals surface area contributed by atoms with E-state index >= 15 is 0 Å². The van der Waals surface area contributed by atoms with Crippen LogP contribution < -0.4 is 16.1 Å². The lowest BCUT2D eigenvalue weighted by molar-refractivity contribution is 0.0695. The van der Waals surface area contributed by atoms with Gasteiger partial charge < -0.3 is 20.8 Å². The summed E-state index contributed by atoms with van der Waals surface area (Å²) in [6.45, 7) is 1.10. The third kappa shape index (κ3) is 2.97. The van der Waals surface area contributed by atoms with E-state index < -0.39 is 11.4 Å². The first-order chi connectivity index (χ1) is 13.0. The zero-order valence-corrected chi connectivity index (χ0v) is 15.0. The number of hydrogen-bond donors (Lipinski definition) is 3. The van der Waals surface area contributed by atoms with Crippen molar-refractivity contribution in [1.29, 1.82) is 0 Å². The molecule has 2 atom stereocenters. The molecular formula is C17H17N5O4S. The third-order valence-corrected chi connectivity index (χ3v) is 5.51. The minimum Gasteiger partial charge on any atom is -0.477 e. The number of fused-ring (bicyclic) bond motifs is 1. The highest BCUT2D eigenvalue weighted by atomic mass is 32.1. The van der Waals surface area contributed by atoms with Crippen LogP contribution in [0.1, 0.15) is 10.4 Å². The average Bonchev–Trinajstić information content (AvgIpc) is 3.31. The highest BCUT2D eigenvalue weighted by molar-refractivity contribution is 7.12. The Morgan fingerprint density at radius 2 is 2.19 bits per heavy atom. The van der Waals surface area contributed by atoms with Gasteiger partial charge in [-0.2, -0.15) is 0 Å². The smallest absolute Gasteiger partial charge is 0.341 e. The number of thiazole rings is 1. The summed E-state index contributed by atoms with van der Waals surface area (Å²) in [7, 11) is 0. The van der Waals surface area contributed by atoms with Crippen LogP contribution in [0.4, 0.5) is 5.82 Å². The van der Waals surface area contributed by atoms with Gasteiger partial charge in [-0.15, -0.1) is 11.3 Å². The number of nitrogens with two attached hydrogens (primary N) is 1. The zero-order valence-electron chi connectivity index (χ0n) is 14.1. The second-order valence-electron chi connectivity index (χ2n) is 6.41. The summed E-state index contributed by atoms with van der Waals surface area (Å²) >= 11 is 1.31. The van der Waals surface area contributed by atoms with Crippen LogP contribution in [0.2, 0.25) is 0 Å². The molecule has 1 saturated heterocycles. The van der Waals surface area contributed by atoms with Gasteiger partial charge in [-0.25, -0.2) is 14.8 Å². The maximum absolute atomic E-state index is 12.6. The highest BCUT2D eigenvalue weighted by Crippen LogP contribution is 2.25. The summed E-state index contributed by atoms with van der Waals surface area (Å²) in [5.41, 5.74) is 5.46. The lowest BCUT2D eigenvalue weighted by atomic mass is 10.1. The Hall–Kier alpha value is -2.82. The van der Waals surface area contributed by atoms with Crippen molar-refractivity contribution < 1.29 is 15.0 Å². The van der Waals surface area contributed by atoms with E-state index in [0.717, 1.165) is 0 Å². The Labute approximate surface area is 157 Å². The van der Waals surface area contributed by atoms with Gasteiger partial charge in [0.1, 0.15) is 11.4 Å². The summed E-state index contributed by atoms with van der Waals surface area (Å²) in [5, 5.41) is 21.3. The molecule has 0 aromatic carbocycles. The first kappa shape index (κ1) is 17.6. The fourth-order valence-corrected chi connectivity index (χ4v) is 3.90. The summed E-state index contributed by atoms with van der Waals surface area (Å²) in [4.78, 5) is 34.8. The number of pyridine rings is 2. The topological polar surface area (TPSA) is 135 Å². The van der Waals surface area contributed by atoms with Gasteiger partial charge in [0.05, 0.1) is 5.39 Å². The standard InChI is InChI=1S/C17H17N5O4S/c18-12-7-21(5-9(12)8-23)13-2-1-10-14(24)11(16(25)26)6-22(15(10)20-13)17-19-3-4-27-17/h1-4,6,9,12,23H,5,7-8,18H2,(H,25,26)/t9-,12+/m1/s1. The van der Waals surface area contributed by atoms with Gasteiger partial charge in [-0.3, -0.25) is 9.36 Å². The van der Waals surface area contributed by atoms with Gasteiger partial charge in [0.15, 0.2) is 10.8 Å². The molecule has 0 amide bonds. The Morgan fingerprint density at radius 3 is 2.81 bits per heavy atom. The molecule has 0 saturated carbocycles. The molecule has 0 spiro atoms. The molecule has 4 rings (SSSR count). The van der Waals surface area contributed by atoms with E-state index in [1.165, 1.54) is 22.1 Å². The quantitative estimate of drug-likeness (QED) is 0.582. The number of carbonyl (C=O) groups is 1. The molecular weight excluding hydrogens is 370 g/mol. The van der Waals surface area contributed by atoms with E-state index in [2.05, 4.69) is 9.97 Å². The van der Waals surface area contributed by atoms with Crippen molar-refractivity contribution in [3.8, 4) is 5.13 Å². The van der Waals surface area contributed by atoms with Crippen LogP contribution in [0.25, 0.3) is 16.2 Å². The lowest BCUT2D eigenvalue weighted by Crippen LogP contribution is -2.31. The van der Waals surface area contributed by atoms with Crippen LogP contribution in [-0.4, -0.2) is 56.5 Å². The van der Waals surface area contributed by atoms with Crippen molar-refractivity contribution in [3.05, 3.63) is 45.7 Å². The molecule has 3 aromatic heterocycles. The number of aliphatic hydroxyl groups excluding tert-OH is 1. The first-order valence-corrected chi connectivity index (χ1v) is 9.18. The number of rotatable bonds is 4. The number of nitrogens with zero attached hydrogens (tertiary/aromatic N) is 4. The maximum Gasteiger partial charge on any atom is 0.341 e. The summed E-state index contributed by atoms with van der Waals surface area (Å²) in [6.07, 6.45) is 2.86. The predicted octanol–water partition coefficient (Wildman–Crippen LogP) is 0.296. The van der Waals surface area contributed by atoms with Crippen molar-refractivity contribution in [2.45, 2.75) is 6.04 Å². The minimum absolute atomic E-state index is 0.00293. The van der Waals surface area contributed by atoms with Crippen molar-refractivity contribution in [3.63, 3.8) is 0 Å². The van der Waals surface area contributed by atoms with E-state index in [9.17, 15) is 19.8 Å². The summed E-state index contributed by atoms with van der Waals surface area (Å²) in [6, 6.07) is 3.09. The predicted molar refractivity (Wildman–Crippen MR) is 101 cm³/mol. The minimum atomic E-state index is -1.30. The number of hydrogen-bond acceptors (Lipinski definition) is 8. The molecule has 1 aliphatic rings. The van der Waals surface area contributed by atoms with Crippen LogP contribution in [0.15, 0.2) is 34.7 Å². The Balaban J connectivity index is 1.90. The number of carboxylic acids is 1. The average molecular weight is 387 g/mol. The molecule has 1 aliphatic heterocycles. The molecule has 3 aromatic rings. The van der Waals surface area contributed by atoms with Gasteiger partial charge in [0.2, 0.25) is 5.43 Å². The van der Waals surface area contributed by atoms with E-state index in [1.54, 1.807) is 23.7 Å². The first-order valence-electron chi connectivity index (χ1n) is 8.30. The van der Waals surface area contributed by atoms with Crippen LogP contribution in [0, 0.1) is 5.92 Å². The third-order valence-electron chi connectivity index (χ3n) is 4.74. The fraction of sp³-hybridized carbons (Fsp3) is 0.294. The molecule has 0 unspecified atom stereocenters. The number of aliphatic hydroxyl groups is 1. The van der Waals surface area contributed by atoms with Crippen LogP contribution in [0.3, 0.4) is 0 Å². The van der Waals surface area contributed by atoms with Gasteiger partial charge in [-0.05, 0) is 12.1 Å². The zero-order chi connectivity index (χ0) is 19.1. The Bertz CT molecular complexity index is 1070. The second-order valence-corrected chi connectivity index (χ2v) is 7.29. The Kier molecular flexibility index (Phi) is 4.38. The van der Waals surface area contributed by atoms with Gasteiger partial charge >= 0.3 is 5.97 Å². The van der Waals surface area contributed by atoms with Crippen molar-refractivity contribution in [2.75, 3.05) is 24.6 Å². The van der Waals surface area contributed by atoms with Crippen molar-refractivity contribution >= 4 is 34.2 Å². The molecule has 1 fully saturated rings. The normalized spacial score (nSPS) is 19.7. The molecule has 0 radical (unpaired) electrons. The van der Waals surface area contributed by atoms with Crippen LogP contribution in [-0.2, 0) is 0 Å². The Morgan fingerprint density at radius 1 is 1.37 bits per heavy atom. The maximum atomic E-state index is 12.6. The fourth-order valence-electron chi connectivity index (χ4n) is 3.28. The second kappa shape index (κ2) is 6.72. The molecule has 0 aliphatic carbocycles. The highest BCUT2D eigenvalue weighted by Gasteiger charge is 2.30. The molecule has 10 heteroatoms. The van der Waals surface area contributed by atoms with E-state index in [4.69, 9.17) is 5.73 Å². The van der Waals surface area contributed by atoms with Gasteiger partial charge in [0, 0.05) is 49.4 Å². The van der Waals surface area contributed by atoms with Crippen LogP contribution >= 0.6 is 11.3 Å². The lowest BCUT2D eigenvalue weighted by Gasteiger charge is -2.18. The monoisotopic (exact) mass is 387 g/mol. The van der Waals surface area contributed by atoms with E-state index in [-0.39, 0.29) is 29.5 Å². The van der Waals surface area contributed by atoms with E-state index in [1.807, 2.05) is 4.90 Å². The van der Waals surface area contributed by atoms with E-state index in [0.29, 0.717) is 29.7 Å². The number of carboxylic acid groups (broad SMARTS) is 1. The van der Waals surface area contributed by atoms with Gasteiger partial charge in [-0.1, -0.05) is 0 Å². The molecule has 4 heterocycles. The molecule has 27 heavy (non-hydrogen) atoms. The van der Waals surface area contributed by atoms with Crippen molar-refractivity contribution in [1.82, 2.24) is 14.5 Å². The van der Waals surface area contributed by atoms with Crippen molar-refractivity contribution in [2.24, 2.45) is 11.7 Å². The molecule has 140 valence electrons. The van der Waals surface area contributed by atoms with Crippen LogP contribution in [0.5, 0.6) is 0 Å². The molecule has 0 bridgehead atoms. The number of aromatic nitrogens is 3. The molecule has 9 nitrogen and oxygen atoms in total. The SMILES string of the molecule is N[C@H]1CN(c2ccc3c(=O)c(C(=O)O)cn(-c4nccs4)c3n2)C[C@@H]1CO. The number of aromatic carboxylic acids is 1. The largest absolute Gasteiger partial charge is 0.477 e.